The number of rotatable bonds is 3. The zero-order valence-corrected chi connectivity index (χ0v) is 6.29. The van der Waals surface area contributed by atoms with Gasteiger partial charge in [-0.15, -0.1) is 0 Å². The van der Waals surface area contributed by atoms with Crippen molar-refractivity contribution in [3.8, 4) is 11.7 Å². The Labute approximate surface area is 63.7 Å². The molecule has 1 aromatic rings. The Morgan fingerprint density at radius 1 is 1.45 bits per heavy atom. The first-order chi connectivity index (χ1) is 5.31. The van der Waals surface area contributed by atoms with Crippen LogP contribution in [0.2, 0.25) is 0 Å². The first-order valence-electron chi connectivity index (χ1n) is 2.98. The molecule has 1 rings (SSSR count). The van der Waals surface area contributed by atoms with Crippen molar-refractivity contribution in [2.75, 3.05) is 14.2 Å². The van der Waals surface area contributed by atoms with E-state index >= 15 is 0 Å². The van der Waals surface area contributed by atoms with Gasteiger partial charge in [-0.2, -0.15) is 0 Å². The number of hydrogen-bond acceptors (Lipinski definition) is 4. The van der Waals surface area contributed by atoms with E-state index in [1.165, 1.54) is 20.3 Å². The van der Waals surface area contributed by atoms with E-state index in [-0.39, 0.29) is 11.7 Å². The van der Waals surface area contributed by atoms with Gasteiger partial charge in [-0.25, -0.2) is 0 Å². The van der Waals surface area contributed by atoms with Crippen molar-refractivity contribution in [3.63, 3.8) is 0 Å². The standard InChI is InChI=1S/C7H8O4/c1-9-6-3-5(4-8)11-7(6)10-2/h3-4H,1-2H3. The van der Waals surface area contributed by atoms with E-state index in [9.17, 15) is 4.79 Å². The van der Waals surface area contributed by atoms with E-state index < -0.39 is 0 Å². The Morgan fingerprint density at radius 3 is 2.55 bits per heavy atom. The van der Waals surface area contributed by atoms with Gasteiger partial charge in [-0.3, -0.25) is 4.79 Å². The molecule has 0 amide bonds. The molecule has 0 saturated heterocycles. The molecule has 0 aliphatic carbocycles. The van der Waals surface area contributed by atoms with Gasteiger partial charge >= 0.3 is 5.95 Å². The number of carbonyl (C=O) groups excluding carboxylic acids is 1. The number of aldehydes is 1. The Balaban J connectivity index is 3.01. The highest BCUT2D eigenvalue weighted by Crippen LogP contribution is 2.29. The molecular weight excluding hydrogens is 148 g/mol. The Hall–Kier alpha value is -1.45. The summed E-state index contributed by atoms with van der Waals surface area (Å²) in [6, 6.07) is 1.46. The third-order valence-electron chi connectivity index (χ3n) is 1.21. The van der Waals surface area contributed by atoms with E-state index in [4.69, 9.17) is 13.9 Å². The smallest absolute Gasteiger partial charge is 0.329 e. The minimum atomic E-state index is 0.193. The Bertz CT molecular complexity index is 229. The van der Waals surface area contributed by atoms with Crippen molar-refractivity contribution in [1.29, 1.82) is 0 Å². The number of furan rings is 1. The van der Waals surface area contributed by atoms with Gasteiger partial charge in [0.15, 0.2) is 12.0 Å². The number of hydrogen-bond donors (Lipinski definition) is 0. The second-order valence-electron chi connectivity index (χ2n) is 1.83. The van der Waals surface area contributed by atoms with Crippen molar-refractivity contribution < 1.29 is 18.7 Å². The van der Waals surface area contributed by atoms with Gasteiger partial charge in [0.1, 0.15) is 0 Å². The van der Waals surface area contributed by atoms with Crippen LogP contribution in [0.1, 0.15) is 10.6 Å². The lowest BCUT2D eigenvalue weighted by molar-refractivity contribution is 0.109. The van der Waals surface area contributed by atoms with Crippen LogP contribution in [0, 0.1) is 0 Å². The Kier molecular flexibility index (Phi) is 2.15. The number of methoxy groups -OCH3 is 2. The molecule has 1 aromatic heterocycles. The monoisotopic (exact) mass is 156 g/mol. The minimum absolute atomic E-state index is 0.193. The first kappa shape index (κ1) is 7.65. The molecule has 0 radical (unpaired) electrons. The molecule has 0 aromatic carbocycles. The topological polar surface area (TPSA) is 48.7 Å². The van der Waals surface area contributed by atoms with E-state index in [2.05, 4.69) is 0 Å². The third kappa shape index (κ3) is 1.34. The molecule has 0 atom stereocenters. The fourth-order valence-corrected chi connectivity index (χ4v) is 0.718. The summed E-state index contributed by atoms with van der Waals surface area (Å²) in [5.41, 5.74) is 0. The van der Waals surface area contributed by atoms with E-state index in [0.29, 0.717) is 12.0 Å². The van der Waals surface area contributed by atoms with Crippen LogP contribution in [0.3, 0.4) is 0 Å². The van der Waals surface area contributed by atoms with Crippen molar-refractivity contribution >= 4 is 6.29 Å². The predicted molar refractivity (Wildman–Crippen MR) is 37.2 cm³/mol. The van der Waals surface area contributed by atoms with Crippen LogP contribution in [-0.4, -0.2) is 20.5 Å². The highest BCUT2D eigenvalue weighted by Gasteiger charge is 2.10. The van der Waals surface area contributed by atoms with Crippen LogP contribution in [0.4, 0.5) is 0 Å². The summed E-state index contributed by atoms with van der Waals surface area (Å²) in [6.07, 6.45) is 0.588. The van der Waals surface area contributed by atoms with Crippen LogP contribution in [0.5, 0.6) is 11.7 Å². The summed E-state index contributed by atoms with van der Waals surface area (Å²) in [5, 5.41) is 0. The molecule has 11 heavy (non-hydrogen) atoms. The SMILES string of the molecule is COc1cc(C=O)oc1OC. The number of ether oxygens (including phenoxy) is 2. The van der Waals surface area contributed by atoms with Gasteiger partial charge in [-0.05, 0) is 0 Å². The second-order valence-corrected chi connectivity index (χ2v) is 1.83. The van der Waals surface area contributed by atoms with E-state index in [0.717, 1.165) is 0 Å². The maximum atomic E-state index is 10.2. The van der Waals surface area contributed by atoms with Crippen molar-refractivity contribution in [1.82, 2.24) is 0 Å². The fraction of sp³-hybridized carbons (Fsp3) is 0.286. The van der Waals surface area contributed by atoms with Gasteiger partial charge in [0, 0.05) is 6.07 Å². The minimum Gasteiger partial charge on any atom is -0.490 e. The molecule has 0 unspecified atom stereocenters. The van der Waals surface area contributed by atoms with Gasteiger partial charge < -0.3 is 13.9 Å². The molecule has 60 valence electrons. The predicted octanol–water partition coefficient (Wildman–Crippen LogP) is 1.11. The molecule has 0 fully saturated rings. The normalized spacial score (nSPS) is 9.27. The van der Waals surface area contributed by atoms with Crippen LogP contribution < -0.4 is 9.47 Å². The largest absolute Gasteiger partial charge is 0.490 e. The molecule has 0 saturated carbocycles. The van der Waals surface area contributed by atoms with Crippen molar-refractivity contribution in [2.24, 2.45) is 0 Å². The zero-order valence-electron chi connectivity index (χ0n) is 6.29. The van der Waals surface area contributed by atoms with Crippen LogP contribution in [0.25, 0.3) is 0 Å². The molecule has 0 N–H and O–H groups in total. The van der Waals surface area contributed by atoms with Gasteiger partial charge in [0.05, 0.1) is 14.2 Å². The summed E-state index contributed by atoms with van der Waals surface area (Å²) in [7, 11) is 2.91. The summed E-state index contributed by atoms with van der Waals surface area (Å²) in [4.78, 5) is 10.2. The second kappa shape index (κ2) is 3.09. The lowest BCUT2D eigenvalue weighted by atomic mass is 10.5. The zero-order chi connectivity index (χ0) is 8.27. The van der Waals surface area contributed by atoms with Gasteiger partial charge in [0.2, 0.25) is 5.75 Å². The molecule has 0 bridgehead atoms. The molecule has 0 aliphatic heterocycles. The first-order valence-corrected chi connectivity index (χ1v) is 2.98. The lowest BCUT2D eigenvalue weighted by Gasteiger charge is -1.95. The Morgan fingerprint density at radius 2 is 2.18 bits per heavy atom. The summed E-state index contributed by atoms with van der Waals surface area (Å²) in [5.74, 6) is 0.836. The van der Waals surface area contributed by atoms with Crippen LogP contribution in [0.15, 0.2) is 10.5 Å². The highest BCUT2D eigenvalue weighted by molar-refractivity contribution is 5.72. The summed E-state index contributed by atoms with van der Waals surface area (Å²) < 4.78 is 14.5. The van der Waals surface area contributed by atoms with Crippen molar-refractivity contribution in [3.05, 3.63) is 11.8 Å². The molecule has 0 aliphatic rings. The summed E-state index contributed by atoms with van der Waals surface area (Å²) >= 11 is 0. The fourth-order valence-electron chi connectivity index (χ4n) is 0.718. The summed E-state index contributed by atoms with van der Waals surface area (Å²) in [6.45, 7) is 0. The maximum Gasteiger partial charge on any atom is 0.329 e. The number of carbonyl (C=O) groups is 1. The average molecular weight is 156 g/mol. The molecule has 4 nitrogen and oxygen atoms in total. The lowest BCUT2D eigenvalue weighted by Crippen LogP contribution is -1.84. The van der Waals surface area contributed by atoms with Crippen LogP contribution in [-0.2, 0) is 0 Å². The van der Waals surface area contributed by atoms with E-state index in [1.807, 2.05) is 0 Å². The third-order valence-corrected chi connectivity index (χ3v) is 1.21. The van der Waals surface area contributed by atoms with E-state index in [1.54, 1.807) is 0 Å². The molecule has 4 heteroatoms. The average Bonchev–Trinajstić information content (AvgIpc) is 2.46. The molecule has 0 spiro atoms. The molecule has 1 heterocycles. The maximum absolute atomic E-state index is 10.2. The molecular formula is C7H8O4. The van der Waals surface area contributed by atoms with Gasteiger partial charge in [-0.1, -0.05) is 0 Å². The van der Waals surface area contributed by atoms with Crippen molar-refractivity contribution in [2.45, 2.75) is 0 Å². The van der Waals surface area contributed by atoms with Gasteiger partial charge in [0.25, 0.3) is 0 Å². The quantitative estimate of drug-likeness (QED) is 0.615. The van der Waals surface area contributed by atoms with Crippen LogP contribution >= 0.6 is 0 Å². The highest BCUT2D eigenvalue weighted by atomic mass is 16.6.